The molecule has 1 aliphatic rings. The molecule has 23 heavy (non-hydrogen) atoms. The Labute approximate surface area is 134 Å². The number of nitrogens with two attached hydrogens (primary N) is 2. The highest BCUT2D eigenvalue weighted by Crippen LogP contribution is 2.17. The molecule has 0 bridgehead atoms. The first-order chi connectivity index (χ1) is 10.9. The molecule has 1 fully saturated rings. The molecular weight excluding hydrogens is 304 g/mol. The van der Waals surface area contributed by atoms with Gasteiger partial charge in [-0.2, -0.15) is 0 Å². The van der Waals surface area contributed by atoms with Crippen molar-refractivity contribution in [2.75, 3.05) is 19.7 Å². The van der Waals surface area contributed by atoms with Gasteiger partial charge in [-0.05, 0) is 19.3 Å². The van der Waals surface area contributed by atoms with Gasteiger partial charge in [0, 0.05) is 6.54 Å². The van der Waals surface area contributed by atoms with Gasteiger partial charge < -0.3 is 26.4 Å². The maximum atomic E-state index is 12.3. The minimum absolute atomic E-state index is 0.186. The number of rotatable bonds is 8. The highest BCUT2D eigenvalue weighted by atomic mass is 16.5. The van der Waals surface area contributed by atoms with Crippen LogP contribution in [0.2, 0.25) is 0 Å². The quantitative estimate of drug-likeness (QED) is 0.451. The molecule has 0 aromatic carbocycles. The Morgan fingerprint density at radius 2 is 2.04 bits per heavy atom. The van der Waals surface area contributed by atoms with Crippen LogP contribution in [-0.4, -0.2) is 60.4 Å². The maximum absolute atomic E-state index is 12.3. The molecule has 0 saturated carbocycles. The molecule has 9 nitrogen and oxygen atoms in total. The number of esters is 1. The summed E-state index contributed by atoms with van der Waals surface area (Å²) >= 11 is 0. The lowest BCUT2D eigenvalue weighted by Crippen LogP contribution is -2.53. The number of hydrogen-bond acceptors (Lipinski definition) is 6. The van der Waals surface area contributed by atoms with E-state index >= 15 is 0 Å². The first kappa shape index (κ1) is 18.9. The minimum atomic E-state index is -1.15. The normalized spacial score (nSPS) is 18.3. The van der Waals surface area contributed by atoms with Gasteiger partial charge >= 0.3 is 5.97 Å². The van der Waals surface area contributed by atoms with E-state index in [1.807, 2.05) is 6.92 Å². The molecule has 0 spiro atoms. The fraction of sp³-hybridized carbons (Fsp3) is 0.714. The Kier molecular flexibility index (Phi) is 7.46. The molecule has 1 rings (SSSR count). The standard InChI is InChI=1S/C14H24N4O5/c1-2-6-23-14(22)9(7-11(16)19)17-13(21)10-4-3-5-18(10)12(20)8-15/h9-10H,2-8,15H2,1H3,(H2,16,19)(H,17,21)/t9-,10?/m0/s1. The van der Waals surface area contributed by atoms with Crippen LogP contribution in [-0.2, 0) is 23.9 Å². The first-order valence-corrected chi connectivity index (χ1v) is 7.65. The number of carbonyl (C=O) groups excluding carboxylic acids is 4. The third-order valence-electron chi connectivity index (χ3n) is 3.51. The fourth-order valence-corrected chi connectivity index (χ4v) is 2.42. The first-order valence-electron chi connectivity index (χ1n) is 7.65. The summed E-state index contributed by atoms with van der Waals surface area (Å²) in [6.45, 7) is 2.26. The molecule has 3 amide bonds. The van der Waals surface area contributed by atoms with E-state index in [1.54, 1.807) is 0 Å². The number of ether oxygens (including phenoxy) is 1. The zero-order valence-electron chi connectivity index (χ0n) is 13.2. The molecule has 1 unspecified atom stereocenters. The number of nitrogens with zero attached hydrogens (tertiary/aromatic N) is 1. The van der Waals surface area contributed by atoms with Gasteiger partial charge in [0.2, 0.25) is 17.7 Å². The second-order valence-electron chi connectivity index (χ2n) is 5.35. The van der Waals surface area contributed by atoms with Crippen molar-refractivity contribution in [3.8, 4) is 0 Å². The topological polar surface area (TPSA) is 145 Å². The molecule has 1 saturated heterocycles. The van der Waals surface area contributed by atoms with E-state index in [1.165, 1.54) is 4.90 Å². The van der Waals surface area contributed by atoms with E-state index in [-0.39, 0.29) is 25.5 Å². The van der Waals surface area contributed by atoms with E-state index in [0.29, 0.717) is 25.8 Å². The van der Waals surface area contributed by atoms with E-state index in [0.717, 1.165) is 0 Å². The van der Waals surface area contributed by atoms with Gasteiger partial charge in [0.1, 0.15) is 12.1 Å². The second-order valence-corrected chi connectivity index (χ2v) is 5.35. The SMILES string of the molecule is CCCOC(=O)[C@H](CC(N)=O)NC(=O)C1CCCN1C(=O)CN. The summed E-state index contributed by atoms with van der Waals surface area (Å²) in [7, 11) is 0. The fourth-order valence-electron chi connectivity index (χ4n) is 2.42. The molecule has 130 valence electrons. The van der Waals surface area contributed by atoms with E-state index < -0.39 is 29.9 Å². The minimum Gasteiger partial charge on any atom is -0.464 e. The van der Waals surface area contributed by atoms with Crippen LogP contribution in [0, 0.1) is 0 Å². The molecule has 0 radical (unpaired) electrons. The van der Waals surface area contributed by atoms with Crippen molar-refractivity contribution in [3.63, 3.8) is 0 Å². The Hall–Kier alpha value is -2.16. The van der Waals surface area contributed by atoms with Gasteiger partial charge in [0.15, 0.2) is 0 Å². The third-order valence-corrected chi connectivity index (χ3v) is 3.51. The molecule has 1 heterocycles. The van der Waals surface area contributed by atoms with Gasteiger partial charge in [0.25, 0.3) is 0 Å². The summed E-state index contributed by atoms with van der Waals surface area (Å²) < 4.78 is 4.95. The van der Waals surface area contributed by atoms with Crippen LogP contribution in [0.15, 0.2) is 0 Å². The molecule has 0 aromatic rings. The Balaban J connectivity index is 2.73. The van der Waals surface area contributed by atoms with Crippen LogP contribution >= 0.6 is 0 Å². The molecular formula is C14H24N4O5. The highest BCUT2D eigenvalue weighted by Gasteiger charge is 2.35. The van der Waals surface area contributed by atoms with Crippen molar-refractivity contribution in [2.45, 2.75) is 44.7 Å². The molecule has 1 aliphatic heterocycles. The Morgan fingerprint density at radius 3 is 2.61 bits per heavy atom. The molecule has 0 aromatic heterocycles. The summed E-state index contributed by atoms with van der Waals surface area (Å²) in [4.78, 5) is 48.5. The maximum Gasteiger partial charge on any atom is 0.329 e. The van der Waals surface area contributed by atoms with Gasteiger partial charge in [0.05, 0.1) is 19.6 Å². The van der Waals surface area contributed by atoms with Crippen LogP contribution in [0.1, 0.15) is 32.6 Å². The average Bonchev–Trinajstić information content (AvgIpc) is 3.00. The lowest BCUT2D eigenvalue weighted by atomic mass is 10.1. The van der Waals surface area contributed by atoms with Gasteiger partial charge in [-0.3, -0.25) is 14.4 Å². The number of amides is 3. The van der Waals surface area contributed by atoms with Crippen molar-refractivity contribution < 1.29 is 23.9 Å². The van der Waals surface area contributed by atoms with Crippen LogP contribution in [0.4, 0.5) is 0 Å². The van der Waals surface area contributed by atoms with E-state index in [9.17, 15) is 19.2 Å². The summed E-state index contributed by atoms with van der Waals surface area (Å²) in [6, 6.07) is -1.85. The van der Waals surface area contributed by atoms with E-state index in [4.69, 9.17) is 16.2 Å². The number of likely N-dealkylation sites (tertiary alicyclic amines) is 1. The predicted octanol–water partition coefficient (Wildman–Crippen LogP) is -1.75. The van der Waals surface area contributed by atoms with Crippen molar-refractivity contribution >= 4 is 23.7 Å². The number of carbonyl (C=O) groups is 4. The van der Waals surface area contributed by atoms with Crippen LogP contribution in [0.5, 0.6) is 0 Å². The number of hydrogen-bond donors (Lipinski definition) is 3. The van der Waals surface area contributed by atoms with Crippen LogP contribution < -0.4 is 16.8 Å². The second kappa shape index (κ2) is 9.09. The van der Waals surface area contributed by atoms with Crippen molar-refractivity contribution in [2.24, 2.45) is 11.5 Å². The largest absolute Gasteiger partial charge is 0.464 e. The van der Waals surface area contributed by atoms with Crippen molar-refractivity contribution in [3.05, 3.63) is 0 Å². The molecule has 9 heteroatoms. The average molecular weight is 328 g/mol. The summed E-state index contributed by atoms with van der Waals surface area (Å²) in [5.41, 5.74) is 10.4. The predicted molar refractivity (Wildman–Crippen MR) is 80.8 cm³/mol. The Morgan fingerprint density at radius 1 is 1.35 bits per heavy atom. The Bertz CT molecular complexity index is 468. The van der Waals surface area contributed by atoms with Crippen molar-refractivity contribution in [1.29, 1.82) is 0 Å². The number of nitrogens with one attached hydrogen (secondary N) is 1. The van der Waals surface area contributed by atoms with Gasteiger partial charge in [-0.15, -0.1) is 0 Å². The van der Waals surface area contributed by atoms with Gasteiger partial charge in [-0.1, -0.05) is 6.92 Å². The summed E-state index contributed by atoms with van der Waals surface area (Å²) in [5, 5.41) is 2.46. The van der Waals surface area contributed by atoms with Crippen LogP contribution in [0.25, 0.3) is 0 Å². The lowest BCUT2D eigenvalue weighted by Gasteiger charge is -2.25. The summed E-state index contributed by atoms with van der Waals surface area (Å²) in [6.07, 6.45) is 1.41. The third kappa shape index (κ3) is 5.51. The highest BCUT2D eigenvalue weighted by molar-refractivity contribution is 5.93. The summed E-state index contributed by atoms with van der Waals surface area (Å²) in [5.74, 6) is -2.29. The van der Waals surface area contributed by atoms with Crippen molar-refractivity contribution in [1.82, 2.24) is 10.2 Å². The zero-order valence-corrected chi connectivity index (χ0v) is 13.2. The lowest BCUT2D eigenvalue weighted by molar-refractivity contribution is -0.150. The van der Waals surface area contributed by atoms with E-state index in [2.05, 4.69) is 5.32 Å². The number of primary amides is 1. The molecule has 5 N–H and O–H groups in total. The smallest absolute Gasteiger partial charge is 0.329 e. The molecule has 0 aliphatic carbocycles. The zero-order chi connectivity index (χ0) is 17.4. The molecule has 2 atom stereocenters. The van der Waals surface area contributed by atoms with Crippen LogP contribution in [0.3, 0.4) is 0 Å². The monoisotopic (exact) mass is 328 g/mol. The van der Waals surface area contributed by atoms with Gasteiger partial charge in [-0.25, -0.2) is 4.79 Å².